The first-order chi connectivity index (χ1) is 12.8. The van der Waals surface area contributed by atoms with E-state index in [2.05, 4.69) is 14.9 Å². The molecule has 144 valence electrons. The van der Waals surface area contributed by atoms with Crippen LogP contribution in [0.1, 0.15) is 55.7 Å². The lowest BCUT2D eigenvalue weighted by molar-refractivity contribution is -0.127. The first-order valence-corrected chi connectivity index (χ1v) is 9.69. The Bertz CT molecular complexity index is 813. The highest BCUT2D eigenvalue weighted by Gasteiger charge is 2.43. The third-order valence-corrected chi connectivity index (χ3v) is 4.69. The fraction of sp³-hybridized carbons (Fsp3) is 0.474. The number of nitrogens with one attached hydrogen (secondary N) is 1. The molecule has 7 nitrogen and oxygen atoms in total. The Morgan fingerprint density at radius 2 is 2.07 bits per heavy atom. The number of amides is 2. The maximum absolute atomic E-state index is 13.2. The van der Waals surface area contributed by atoms with E-state index in [-0.39, 0.29) is 23.6 Å². The highest BCUT2D eigenvalue weighted by molar-refractivity contribution is 7.03. The molecule has 1 heterocycles. The third kappa shape index (κ3) is 4.63. The van der Waals surface area contributed by atoms with Crippen molar-refractivity contribution < 1.29 is 14.3 Å². The van der Waals surface area contributed by atoms with E-state index in [9.17, 15) is 9.59 Å². The minimum Gasteiger partial charge on any atom is -0.497 e. The molecular formula is C19H24N4O3S. The van der Waals surface area contributed by atoms with Crippen LogP contribution in [0.25, 0.3) is 0 Å². The van der Waals surface area contributed by atoms with Gasteiger partial charge in [-0.05, 0) is 62.8 Å². The summed E-state index contributed by atoms with van der Waals surface area (Å²) in [7, 11) is 1.58. The quantitative estimate of drug-likeness (QED) is 0.823. The second-order valence-corrected chi connectivity index (χ2v) is 8.26. The maximum atomic E-state index is 13.2. The van der Waals surface area contributed by atoms with E-state index in [1.54, 1.807) is 23.5 Å². The number of rotatable bonds is 6. The predicted octanol–water partition coefficient (Wildman–Crippen LogP) is 2.81. The average Bonchev–Trinajstić information content (AvgIpc) is 3.29. The summed E-state index contributed by atoms with van der Waals surface area (Å²) >= 11 is 1.12. The standard InChI is InChI=1S/C19H24N4O3S/c1-19(2,3)20-17(24)16(12-6-5-7-14(10-12)26-4)23(13-8-9-13)18(25)15-11-27-22-21-15/h5-7,10-11,13,16H,8-9H2,1-4H3,(H,20,24). The van der Waals surface area contributed by atoms with Crippen molar-refractivity contribution in [3.8, 4) is 5.75 Å². The van der Waals surface area contributed by atoms with Crippen LogP contribution in [0, 0.1) is 0 Å². The smallest absolute Gasteiger partial charge is 0.276 e. The van der Waals surface area contributed by atoms with Crippen LogP contribution in [0.15, 0.2) is 29.6 Å². The van der Waals surface area contributed by atoms with E-state index < -0.39 is 11.6 Å². The molecule has 1 fully saturated rings. The number of carbonyl (C=O) groups is 2. The van der Waals surface area contributed by atoms with Crippen LogP contribution in [0.4, 0.5) is 0 Å². The lowest BCUT2D eigenvalue weighted by Crippen LogP contribution is -2.50. The van der Waals surface area contributed by atoms with Gasteiger partial charge in [-0.15, -0.1) is 5.10 Å². The molecule has 27 heavy (non-hydrogen) atoms. The maximum Gasteiger partial charge on any atom is 0.276 e. The van der Waals surface area contributed by atoms with Crippen molar-refractivity contribution >= 4 is 23.3 Å². The Hall–Kier alpha value is -2.48. The Morgan fingerprint density at radius 1 is 1.33 bits per heavy atom. The van der Waals surface area contributed by atoms with Crippen LogP contribution in [-0.2, 0) is 4.79 Å². The van der Waals surface area contributed by atoms with Gasteiger partial charge < -0.3 is 15.0 Å². The molecule has 3 rings (SSSR count). The summed E-state index contributed by atoms with van der Waals surface area (Å²) in [4.78, 5) is 28.0. The van der Waals surface area contributed by atoms with Gasteiger partial charge >= 0.3 is 0 Å². The predicted molar refractivity (Wildman–Crippen MR) is 103 cm³/mol. The largest absolute Gasteiger partial charge is 0.497 e. The zero-order valence-electron chi connectivity index (χ0n) is 15.9. The number of methoxy groups -OCH3 is 1. The molecule has 1 aliphatic carbocycles. The minimum atomic E-state index is -0.763. The summed E-state index contributed by atoms with van der Waals surface area (Å²) in [5, 5.41) is 8.54. The van der Waals surface area contributed by atoms with Gasteiger partial charge in [0, 0.05) is 17.0 Å². The summed E-state index contributed by atoms with van der Waals surface area (Å²) in [5.41, 5.74) is 0.553. The van der Waals surface area contributed by atoms with Gasteiger partial charge in [0.25, 0.3) is 5.91 Å². The summed E-state index contributed by atoms with van der Waals surface area (Å²) in [6.45, 7) is 5.75. The SMILES string of the molecule is COc1cccc(C(C(=O)NC(C)(C)C)N(C(=O)c2csnn2)C2CC2)c1. The number of nitrogens with zero attached hydrogens (tertiary/aromatic N) is 3. The van der Waals surface area contributed by atoms with Crippen LogP contribution in [-0.4, -0.2) is 45.0 Å². The van der Waals surface area contributed by atoms with Crippen molar-refractivity contribution in [2.45, 2.75) is 51.2 Å². The van der Waals surface area contributed by atoms with Crippen LogP contribution in [0.5, 0.6) is 5.75 Å². The van der Waals surface area contributed by atoms with Crippen molar-refractivity contribution in [1.29, 1.82) is 0 Å². The van der Waals surface area contributed by atoms with Gasteiger partial charge in [-0.2, -0.15) is 0 Å². The summed E-state index contributed by atoms with van der Waals surface area (Å²) < 4.78 is 9.11. The molecule has 0 radical (unpaired) electrons. The van der Waals surface area contributed by atoms with Crippen LogP contribution in [0.2, 0.25) is 0 Å². The number of hydrogen-bond donors (Lipinski definition) is 1. The van der Waals surface area contributed by atoms with Gasteiger partial charge in [0.1, 0.15) is 11.8 Å². The van der Waals surface area contributed by atoms with Crippen molar-refractivity contribution in [1.82, 2.24) is 19.8 Å². The van der Waals surface area contributed by atoms with E-state index >= 15 is 0 Å². The molecule has 0 spiro atoms. The average molecular weight is 388 g/mol. The molecule has 1 aromatic carbocycles. The molecule has 1 aromatic heterocycles. The first-order valence-electron chi connectivity index (χ1n) is 8.86. The number of hydrogen-bond acceptors (Lipinski definition) is 6. The fourth-order valence-corrected chi connectivity index (χ4v) is 3.35. The third-order valence-electron chi connectivity index (χ3n) is 4.19. The zero-order valence-corrected chi connectivity index (χ0v) is 16.7. The molecular weight excluding hydrogens is 364 g/mol. The summed E-state index contributed by atoms with van der Waals surface area (Å²) in [6, 6.07) is 6.54. The van der Waals surface area contributed by atoms with Gasteiger partial charge in [0.05, 0.1) is 7.11 Å². The van der Waals surface area contributed by atoms with Crippen LogP contribution < -0.4 is 10.1 Å². The number of benzene rings is 1. The van der Waals surface area contributed by atoms with Crippen molar-refractivity contribution in [3.05, 3.63) is 40.9 Å². The Labute approximate surface area is 162 Å². The molecule has 2 aromatic rings. The normalized spacial score (nSPS) is 15.1. The molecule has 8 heteroatoms. The van der Waals surface area contributed by atoms with E-state index in [1.807, 2.05) is 39.0 Å². The number of ether oxygens (including phenoxy) is 1. The second kappa shape index (κ2) is 7.64. The van der Waals surface area contributed by atoms with E-state index in [4.69, 9.17) is 4.74 Å². The van der Waals surface area contributed by atoms with E-state index in [1.165, 1.54) is 0 Å². The highest BCUT2D eigenvalue weighted by Crippen LogP contribution is 2.37. The lowest BCUT2D eigenvalue weighted by Gasteiger charge is -2.33. The van der Waals surface area contributed by atoms with Gasteiger partial charge in [-0.1, -0.05) is 16.6 Å². The van der Waals surface area contributed by atoms with Crippen molar-refractivity contribution in [3.63, 3.8) is 0 Å². The Balaban J connectivity index is 2.03. The van der Waals surface area contributed by atoms with Crippen LogP contribution in [0.3, 0.4) is 0 Å². The minimum absolute atomic E-state index is 0.0149. The summed E-state index contributed by atoms with van der Waals surface area (Å²) in [5.74, 6) is 0.141. The topological polar surface area (TPSA) is 84.4 Å². The molecule has 0 bridgehead atoms. The molecule has 0 aliphatic heterocycles. The first kappa shape index (κ1) is 19.3. The fourth-order valence-electron chi connectivity index (χ4n) is 2.92. The van der Waals surface area contributed by atoms with Crippen molar-refractivity contribution in [2.24, 2.45) is 0 Å². The van der Waals surface area contributed by atoms with Crippen molar-refractivity contribution in [2.75, 3.05) is 7.11 Å². The monoisotopic (exact) mass is 388 g/mol. The van der Waals surface area contributed by atoms with E-state index in [0.29, 0.717) is 11.3 Å². The van der Waals surface area contributed by atoms with E-state index in [0.717, 1.165) is 24.4 Å². The molecule has 1 N–H and O–H groups in total. The second-order valence-electron chi connectivity index (χ2n) is 7.65. The highest BCUT2D eigenvalue weighted by atomic mass is 32.1. The van der Waals surface area contributed by atoms with Gasteiger partial charge in [0.15, 0.2) is 5.69 Å². The number of carbonyl (C=O) groups excluding carboxylic acids is 2. The van der Waals surface area contributed by atoms with Gasteiger partial charge in [-0.25, -0.2) is 0 Å². The number of aromatic nitrogens is 2. The Morgan fingerprint density at radius 3 is 2.63 bits per heavy atom. The summed E-state index contributed by atoms with van der Waals surface area (Å²) in [6.07, 6.45) is 1.74. The molecule has 1 atom stereocenters. The molecule has 1 unspecified atom stereocenters. The molecule has 2 amide bonds. The molecule has 1 aliphatic rings. The zero-order chi connectivity index (χ0) is 19.6. The lowest BCUT2D eigenvalue weighted by atomic mass is 10.0. The van der Waals surface area contributed by atoms with Crippen LogP contribution >= 0.6 is 11.5 Å². The Kier molecular flexibility index (Phi) is 5.46. The van der Waals surface area contributed by atoms with Gasteiger partial charge in [0.2, 0.25) is 5.91 Å². The van der Waals surface area contributed by atoms with Gasteiger partial charge in [-0.3, -0.25) is 9.59 Å². The molecule has 1 saturated carbocycles. The molecule has 0 saturated heterocycles.